The van der Waals surface area contributed by atoms with Gasteiger partial charge in [0.15, 0.2) is 17.2 Å². The van der Waals surface area contributed by atoms with Gasteiger partial charge in [-0.15, -0.1) is 8.78 Å². The maximum atomic E-state index is 14.1. The molecule has 2 aromatic heterocycles. The Labute approximate surface area is 235 Å². The molecule has 3 fully saturated rings. The molecule has 3 heterocycles. The Kier molecular flexibility index (Phi) is 5.63. The molecule has 1 N–H and O–H groups in total. The molecule has 14 heteroatoms. The molecule has 2 bridgehead atoms. The number of alkyl halides is 5. The van der Waals surface area contributed by atoms with E-state index in [-0.39, 0.29) is 40.7 Å². The highest BCUT2D eigenvalue weighted by atomic mass is 19.4. The molecule has 2 atom stereocenters. The molecule has 2 unspecified atom stereocenters. The number of benzene rings is 1. The highest BCUT2D eigenvalue weighted by Gasteiger charge is 2.73. The average Bonchev–Trinajstić information content (AvgIpc) is 3.41. The number of halogens is 5. The number of nitrogens with zero attached hydrogens (tertiary/aromatic N) is 3. The summed E-state index contributed by atoms with van der Waals surface area (Å²) < 4.78 is 91.5. The summed E-state index contributed by atoms with van der Waals surface area (Å²) in [5.41, 5.74) is -1.35. The van der Waals surface area contributed by atoms with Gasteiger partial charge in [0.2, 0.25) is 5.88 Å². The van der Waals surface area contributed by atoms with Crippen LogP contribution in [0, 0.1) is 5.41 Å². The molecule has 0 saturated heterocycles. The molecule has 9 nitrogen and oxygen atoms in total. The molecule has 4 aliphatic carbocycles. The largest absolute Gasteiger partial charge is 0.586 e. The standard InChI is InChI=1S/C28H24F5N3O6/c1-14(15-5-6-18-20(9-15)42-28(32,33)41-18)39-21-10-16(7-8-34-21)36-22-17(23(35-36)27(29,30)31)3-2-4-19(22)40-26-11-25(12-26,13-26)24(37)38/h5-10,14,19H,2-4,11-13H2,1H3,(H,37,38). The van der Waals surface area contributed by atoms with Crippen LogP contribution in [0.3, 0.4) is 0 Å². The third-order valence-electron chi connectivity index (χ3n) is 8.47. The van der Waals surface area contributed by atoms with Crippen LogP contribution in [-0.2, 0) is 22.1 Å². The Balaban J connectivity index is 1.18. The van der Waals surface area contributed by atoms with E-state index in [1.807, 2.05) is 0 Å². The van der Waals surface area contributed by atoms with Crippen molar-refractivity contribution in [2.45, 2.75) is 75.7 Å². The van der Waals surface area contributed by atoms with E-state index in [0.29, 0.717) is 37.7 Å². The van der Waals surface area contributed by atoms with Crippen LogP contribution in [0.25, 0.3) is 5.69 Å². The van der Waals surface area contributed by atoms with E-state index in [2.05, 4.69) is 19.6 Å². The minimum absolute atomic E-state index is 0.0584. The van der Waals surface area contributed by atoms with E-state index >= 15 is 0 Å². The molecular weight excluding hydrogens is 569 g/mol. The number of carbonyl (C=O) groups is 1. The van der Waals surface area contributed by atoms with Crippen molar-refractivity contribution in [3.8, 4) is 23.1 Å². The normalized spacial score (nSPS) is 27.4. The third-order valence-corrected chi connectivity index (χ3v) is 8.47. The lowest BCUT2D eigenvalue weighted by atomic mass is 9.41. The van der Waals surface area contributed by atoms with Crippen molar-refractivity contribution in [3.05, 3.63) is 59.0 Å². The number of ether oxygens (including phenoxy) is 4. The molecule has 1 aliphatic heterocycles. The summed E-state index contributed by atoms with van der Waals surface area (Å²) in [6, 6.07) is 7.15. The second-order valence-corrected chi connectivity index (χ2v) is 11.4. The first-order valence-electron chi connectivity index (χ1n) is 13.4. The van der Waals surface area contributed by atoms with E-state index in [1.165, 1.54) is 41.2 Å². The van der Waals surface area contributed by atoms with Crippen molar-refractivity contribution in [2.75, 3.05) is 0 Å². The van der Waals surface area contributed by atoms with E-state index < -0.39 is 47.4 Å². The Hall–Kier alpha value is -3.94. The Bertz CT molecular complexity index is 1590. The molecule has 0 spiro atoms. The molecule has 8 rings (SSSR count). The summed E-state index contributed by atoms with van der Waals surface area (Å²) in [4.78, 5) is 15.7. The van der Waals surface area contributed by atoms with Gasteiger partial charge in [-0.25, -0.2) is 9.67 Å². The number of rotatable bonds is 7. The highest BCUT2D eigenvalue weighted by molar-refractivity contribution is 5.79. The maximum Gasteiger partial charge on any atom is 0.586 e. The van der Waals surface area contributed by atoms with Crippen LogP contribution in [0.5, 0.6) is 17.4 Å². The van der Waals surface area contributed by atoms with E-state index in [1.54, 1.807) is 6.92 Å². The van der Waals surface area contributed by atoms with Crippen LogP contribution in [0.1, 0.15) is 73.8 Å². The average molecular weight is 594 g/mol. The van der Waals surface area contributed by atoms with Gasteiger partial charge >= 0.3 is 18.4 Å². The summed E-state index contributed by atoms with van der Waals surface area (Å²) in [7, 11) is 0. The molecule has 5 aliphatic rings. The quantitative estimate of drug-likeness (QED) is 0.326. The van der Waals surface area contributed by atoms with Crippen molar-refractivity contribution in [1.82, 2.24) is 14.8 Å². The number of aromatic nitrogens is 3. The van der Waals surface area contributed by atoms with Crippen molar-refractivity contribution in [2.24, 2.45) is 5.41 Å². The summed E-state index contributed by atoms with van der Waals surface area (Å²) in [5, 5.41) is 13.4. The summed E-state index contributed by atoms with van der Waals surface area (Å²) in [6.45, 7) is 1.65. The first kappa shape index (κ1) is 26.9. The Morgan fingerprint density at radius 2 is 1.88 bits per heavy atom. The van der Waals surface area contributed by atoms with Crippen LogP contribution in [0.15, 0.2) is 36.5 Å². The van der Waals surface area contributed by atoms with E-state index in [0.717, 1.165) is 0 Å². The molecule has 0 radical (unpaired) electrons. The zero-order valence-electron chi connectivity index (χ0n) is 22.1. The van der Waals surface area contributed by atoms with Gasteiger partial charge in [-0.2, -0.15) is 18.3 Å². The second-order valence-electron chi connectivity index (χ2n) is 11.4. The van der Waals surface area contributed by atoms with Gasteiger partial charge in [-0.3, -0.25) is 4.79 Å². The van der Waals surface area contributed by atoms with Crippen LogP contribution >= 0.6 is 0 Å². The van der Waals surface area contributed by atoms with Gasteiger partial charge in [0.25, 0.3) is 0 Å². The fourth-order valence-corrected chi connectivity index (χ4v) is 6.59. The molecular formula is C28H24F5N3O6. The number of carboxylic acid groups (broad SMARTS) is 1. The summed E-state index contributed by atoms with van der Waals surface area (Å²) in [5.74, 6) is -1.08. The predicted molar refractivity (Wildman–Crippen MR) is 131 cm³/mol. The number of pyridine rings is 1. The number of aliphatic carboxylic acids is 1. The SMILES string of the molecule is CC(Oc1cc(-n2nc(C(F)(F)F)c3c2C(OC24CC(C(=O)O)(C2)C4)CCC3)ccn1)c1ccc2c(c1)OC(F)(F)O2. The zero-order valence-corrected chi connectivity index (χ0v) is 22.1. The molecule has 1 aromatic carbocycles. The van der Waals surface area contributed by atoms with Crippen LogP contribution in [0.2, 0.25) is 0 Å². The molecule has 42 heavy (non-hydrogen) atoms. The van der Waals surface area contributed by atoms with Crippen LogP contribution in [0.4, 0.5) is 22.0 Å². The van der Waals surface area contributed by atoms with Gasteiger partial charge in [-0.1, -0.05) is 6.07 Å². The topological polar surface area (TPSA) is 105 Å². The highest BCUT2D eigenvalue weighted by Crippen LogP contribution is 2.70. The predicted octanol–water partition coefficient (Wildman–Crippen LogP) is 6.15. The maximum absolute atomic E-state index is 14.1. The molecule has 222 valence electrons. The minimum Gasteiger partial charge on any atom is -0.481 e. The van der Waals surface area contributed by atoms with Crippen LogP contribution < -0.4 is 14.2 Å². The van der Waals surface area contributed by atoms with Gasteiger partial charge in [0.1, 0.15) is 12.2 Å². The zero-order chi connectivity index (χ0) is 29.7. The Morgan fingerprint density at radius 1 is 1.14 bits per heavy atom. The van der Waals surface area contributed by atoms with Gasteiger partial charge in [0, 0.05) is 17.8 Å². The van der Waals surface area contributed by atoms with Crippen molar-refractivity contribution < 1.29 is 50.8 Å². The fraction of sp³-hybridized carbons (Fsp3) is 0.464. The van der Waals surface area contributed by atoms with Gasteiger partial charge < -0.3 is 24.1 Å². The number of fused-ring (bicyclic) bond motifs is 2. The molecule has 0 amide bonds. The summed E-state index contributed by atoms with van der Waals surface area (Å²) >= 11 is 0. The number of hydrogen-bond donors (Lipinski definition) is 1. The Morgan fingerprint density at radius 3 is 2.60 bits per heavy atom. The van der Waals surface area contributed by atoms with Crippen molar-refractivity contribution in [1.29, 1.82) is 0 Å². The number of hydrogen-bond acceptors (Lipinski definition) is 7. The number of carboxylic acids is 1. The van der Waals surface area contributed by atoms with Gasteiger partial charge in [-0.05, 0) is 69.2 Å². The lowest BCUT2D eigenvalue weighted by Gasteiger charge is -2.67. The van der Waals surface area contributed by atoms with E-state index in [9.17, 15) is 31.9 Å². The monoisotopic (exact) mass is 593 g/mol. The second kappa shape index (κ2) is 8.79. The fourth-order valence-electron chi connectivity index (χ4n) is 6.59. The lowest BCUT2D eigenvalue weighted by Crippen LogP contribution is -2.71. The summed E-state index contributed by atoms with van der Waals surface area (Å²) in [6.07, 6.45) is -6.38. The van der Waals surface area contributed by atoms with Gasteiger partial charge in [0.05, 0.1) is 22.4 Å². The first-order valence-corrected chi connectivity index (χ1v) is 13.4. The molecule has 3 aromatic rings. The van der Waals surface area contributed by atoms with Crippen molar-refractivity contribution >= 4 is 5.97 Å². The van der Waals surface area contributed by atoms with Crippen molar-refractivity contribution in [3.63, 3.8) is 0 Å². The van der Waals surface area contributed by atoms with Crippen LogP contribution in [-0.4, -0.2) is 37.7 Å². The minimum atomic E-state index is -4.70. The smallest absolute Gasteiger partial charge is 0.481 e. The third kappa shape index (κ3) is 4.26. The van der Waals surface area contributed by atoms with E-state index in [4.69, 9.17) is 9.47 Å². The first-order chi connectivity index (χ1) is 19.8. The lowest BCUT2D eigenvalue weighted by molar-refractivity contribution is -0.300. The molecule has 3 saturated carbocycles.